The van der Waals surface area contributed by atoms with Gasteiger partial charge < -0.3 is 10.1 Å². The van der Waals surface area contributed by atoms with Crippen LogP contribution in [0.15, 0.2) is 77.9 Å². The largest absolute Gasteiger partial charge is 0.380 e. The summed E-state index contributed by atoms with van der Waals surface area (Å²) in [5, 5.41) is 8.81. The molecule has 1 aliphatic rings. The van der Waals surface area contributed by atoms with Crippen LogP contribution in [0.5, 0.6) is 0 Å². The number of rotatable bonds is 4. The predicted octanol–water partition coefficient (Wildman–Crippen LogP) is 4.22. The molecule has 1 fully saturated rings. The van der Waals surface area contributed by atoms with Crippen LogP contribution < -0.4 is 10.9 Å². The van der Waals surface area contributed by atoms with Crippen molar-refractivity contribution in [2.24, 2.45) is 5.92 Å². The minimum atomic E-state index is -0.502. The number of pyridine rings is 1. The summed E-state index contributed by atoms with van der Waals surface area (Å²) in [6.07, 6.45) is 4.29. The molecule has 5 aromatic rings. The number of aryl methyl sites for hydroxylation is 1. The maximum atomic E-state index is 14.1. The second-order valence-corrected chi connectivity index (χ2v) is 9.69. The lowest BCUT2D eigenvalue weighted by atomic mass is 10.0. The second kappa shape index (κ2) is 10.2. The molecule has 8 nitrogen and oxygen atoms in total. The Labute approximate surface area is 225 Å². The average Bonchev–Trinajstić information content (AvgIpc) is 3.59. The van der Waals surface area contributed by atoms with Crippen LogP contribution >= 0.6 is 0 Å². The third kappa shape index (κ3) is 4.58. The van der Waals surface area contributed by atoms with E-state index in [1.54, 1.807) is 34.5 Å². The summed E-state index contributed by atoms with van der Waals surface area (Å²) in [4.78, 5) is 32.0. The number of hydrogen-bond donors (Lipinski definition) is 1. The normalized spacial score (nSPS) is 15.7. The number of amides is 1. The van der Waals surface area contributed by atoms with Gasteiger partial charge in [-0.15, -0.1) is 0 Å². The van der Waals surface area contributed by atoms with E-state index >= 15 is 0 Å². The van der Waals surface area contributed by atoms with Crippen molar-refractivity contribution in [3.63, 3.8) is 0 Å². The Balaban J connectivity index is 1.46. The summed E-state index contributed by atoms with van der Waals surface area (Å²) in [6.45, 7) is 4.99. The topological polar surface area (TPSA) is 90.5 Å². The van der Waals surface area contributed by atoms with E-state index in [1.165, 1.54) is 0 Å². The summed E-state index contributed by atoms with van der Waals surface area (Å²) in [7, 11) is 0. The first-order chi connectivity index (χ1) is 19.0. The average molecular weight is 518 g/mol. The van der Waals surface area contributed by atoms with E-state index in [1.807, 2.05) is 61.5 Å². The van der Waals surface area contributed by atoms with Crippen molar-refractivity contribution >= 4 is 22.3 Å². The number of nitrogens with zero attached hydrogens (tertiary/aromatic N) is 4. The van der Waals surface area contributed by atoms with Crippen LogP contribution in [0.3, 0.4) is 0 Å². The fraction of sp³-hybridized carbons (Fsp3) is 0.226. The number of benzene rings is 2. The number of carbonyl (C=O) groups excluding carboxylic acids is 1. The molecule has 0 saturated carbocycles. The first-order valence-electron chi connectivity index (χ1n) is 13.0. The number of aromatic nitrogens is 4. The number of nitrogens with one attached hydrogen (secondary N) is 1. The molecule has 4 heterocycles. The van der Waals surface area contributed by atoms with Crippen molar-refractivity contribution in [2.75, 3.05) is 13.2 Å². The molecule has 0 spiro atoms. The quantitative estimate of drug-likeness (QED) is 0.361. The van der Waals surface area contributed by atoms with Gasteiger partial charge in [0.25, 0.3) is 11.5 Å². The summed E-state index contributed by atoms with van der Waals surface area (Å²) < 4.78 is 8.71. The van der Waals surface area contributed by atoms with Crippen LogP contribution in [0, 0.1) is 24.7 Å². The van der Waals surface area contributed by atoms with Gasteiger partial charge in [-0.2, -0.15) is 5.10 Å². The molecule has 8 heteroatoms. The molecule has 194 valence electrons. The van der Waals surface area contributed by atoms with Gasteiger partial charge in [0, 0.05) is 41.9 Å². The monoisotopic (exact) mass is 517 g/mol. The van der Waals surface area contributed by atoms with Gasteiger partial charge in [-0.25, -0.2) is 9.50 Å². The number of fused-ring (bicyclic) bond motifs is 2. The van der Waals surface area contributed by atoms with E-state index in [0.29, 0.717) is 52.4 Å². The highest BCUT2D eigenvalue weighted by atomic mass is 16.5. The zero-order chi connectivity index (χ0) is 26.9. The SMILES string of the molecule is Cc1nn2cccnc2c1C(=O)N[C@@H](C)c1cc2cccc(C#CC3CCOC3)c2c(=O)n1-c1ccccc1. The van der Waals surface area contributed by atoms with Crippen LogP contribution in [0.2, 0.25) is 0 Å². The molecular formula is C31H27N5O3. The van der Waals surface area contributed by atoms with E-state index in [-0.39, 0.29) is 17.4 Å². The molecule has 39 heavy (non-hydrogen) atoms. The van der Waals surface area contributed by atoms with Gasteiger partial charge in [-0.05, 0) is 56.0 Å². The van der Waals surface area contributed by atoms with Crippen molar-refractivity contribution in [3.8, 4) is 17.5 Å². The zero-order valence-electron chi connectivity index (χ0n) is 21.7. The number of hydrogen-bond acceptors (Lipinski definition) is 5. The summed E-state index contributed by atoms with van der Waals surface area (Å²) in [6, 6.07) is 18.4. The standard InChI is InChI=1S/C31H27N5O3/c1-20(33-30(37)27-21(2)34-35-16-7-15-32-29(27)35)26-18-24-9-6-8-23(13-12-22-14-17-39-19-22)28(24)31(38)36(26)25-10-4-3-5-11-25/h3-11,15-16,18,20,22H,14,17,19H2,1-2H3,(H,33,37)/t20-,22?/m0/s1. The lowest BCUT2D eigenvalue weighted by molar-refractivity contribution is 0.0939. The van der Waals surface area contributed by atoms with Gasteiger partial charge in [0.1, 0.15) is 5.56 Å². The van der Waals surface area contributed by atoms with Crippen molar-refractivity contribution in [1.82, 2.24) is 24.5 Å². The van der Waals surface area contributed by atoms with E-state index in [4.69, 9.17) is 4.74 Å². The lowest BCUT2D eigenvalue weighted by Crippen LogP contribution is -2.32. The lowest BCUT2D eigenvalue weighted by Gasteiger charge is -2.21. The fourth-order valence-corrected chi connectivity index (χ4v) is 5.08. The number of para-hydroxylation sites is 1. The van der Waals surface area contributed by atoms with E-state index in [0.717, 1.165) is 11.8 Å². The number of ether oxygens (including phenoxy) is 1. The van der Waals surface area contributed by atoms with Gasteiger partial charge in [0.2, 0.25) is 0 Å². The Bertz CT molecular complexity index is 1820. The van der Waals surface area contributed by atoms with E-state index in [9.17, 15) is 9.59 Å². The highest BCUT2D eigenvalue weighted by Crippen LogP contribution is 2.24. The predicted molar refractivity (Wildman–Crippen MR) is 149 cm³/mol. The molecule has 1 amide bonds. The van der Waals surface area contributed by atoms with Crippen LogP contribution in [0.25, 0.3) is 22.1 Å². The van der Waals surface area contributed by atoms with Crippen molar-refractivity contribution in [3.05, 3.63) is 106 Å². The number of carbonyl (C=O) groups is 1. The van der Waals surface area contributed by atoms with Gasteiger partial charge in [0.05, 0.1) is 23.7 Å². The smallest absolute Gasteiger partial charge is 0.264 e. The Morgan fingerprint density at radius 3 is 2.79 bits per heavy atom. The summed E-state index contributed by atoms with van der Waals surface area (Å²) in [5.74, 6) is 6.39. The molecule has 0 bridgehead atoms. The van der Waals surface area contributed by atoms with Gasteiger partial charge in [-0.1, -0.05) is 42.2 Å². The van der Waals surface area contributed by atoms with E-state index < -0.39 is 6.04 Å². The molecule has 0 aliphatic carbocycles. The third-order valence-electron chi connectivity index (χ3n) is 7.02. The second-order valence-electron chi connectivity index (χ2n) is 9.69. The van der Waals surface area contributed by atoms with Crippen LogP contribution in [0.4, 0.5) is 0 Å². The van der Waals surface area contributed by atoms with Gasteiger partial charge in [0.15, 0.2) is 5.65 Å². The minimum absolute atomic E-state index is 0.170. The van der Waals surface area contributed by atoms with E-state index in [2.05, 4.69) is 27.2 Å². The van der Waals surface area contributed by atoms with Crippen molar-refractivity contribution in [1.29, 1.82) is 0 Å². The molecular weight excluding hydrogens is 490 g/mol. The highest BCUT2D eigenvalue weighted by Gasteiger charge is 2.23. The molecule has 2 atom stereocenters. The third-order valence-corrected chi connectivity index (χ3v) is 7.02. The molecule has 0 radical (unpaired) electrons. The van der Waals surface area contributed by atoms with Crippen molar-refractivity contribution < 1.29 is 9.53 Å². The van der Waals surface area contributed by atoms with Gasteiger partial charge in [-0.3, -0.25) is 14.2 Å². The molecule has 1 unspecified atom stereocenters. The molecule has 1 N–H and O–H groups in total. The van der Waals surface area contributed by atoms with Crippen LogP contribution in [-0.2, 0) is 4.74 Å². The first-order valence-corrected chi connectivity index (χ1v) is 13.0. The molecule has 3 aromatic heterocycles. The molecule has 6 rings (SSSR count). The summed E-state index contributed by atoms with van der Waals surface area (Å²) in [5.41, 5.74) is 3.33. The Morgan fingerprint density at radius 1 is 1.15 bits per heavy atom. The Morgan fingerprint density at radius 2 is 2.00 bits per heavy atom. The zero-order valence-corrected chi connectivity index (χ0v) is 21.7. The minimum Gasteiger partial charge on any atom is -0.380 e. The first kappa shape index (κ1) is 24.6. The van der Waals surface area contributed by atoms with Crippen LogP contribution in [-0.4, -0.2) is 38.3 Å². The van der Waals surface area contributed by atoms with Crippen LogP contribution in [0.1, 0.15) is 46.7 Å². The maximum absolute atomic E-state index is 14.1. The molecule has 1 aliphatic heterocycles. The summed E-state index contributed by atoms with van der Waals surface area (Å²) >= 11 is 0. The Kier molecular flexibility index (Phi) is 6.43. The highest BCUT2D eigenvalue weighted by molar-refractivity contribution is 6.01. The molecule has 1 saturated heterocycles. The fourth-order valence-electron chi connectivity index (χ4n) is 5.08. The van der Waals surface area contributed by atoms with Gasteiger partial charge >= 0.3 is 0 Å². The Hall–Kier alpha value is -4.74. The van der Waals surface area contributed by atoms with Crippen molar-refractivity contribution in [2.45, 2.75) is 26.3 Å². The maximum Gasteiger partial charge on any atom is 0.264 e. The molecule has 2 aromatic carbocycles.